The van der Waals surface area contributed by atoms with E-state index in [9.17, 15) is 16.8 Å². The topological polar surface area (TPSA) is 101 Å². The number of hydrogen-bond donors (Lipinski definition) is 2. The van der Waals surface area contributed by atoms with Crippen LogP contribution in [0.2, 0.25) is 0 Å². The van der Waals surface area contributed by atoms with E-state index in [1.807, 2.05) is 0 Å². The molecule has 1 saturated heterocycles. The second kappa shape index (κ2) is 5.10. The highest BCUT2D eigenvalue weighted by atomic mass is 32.2. The van der Waals surface area contributed by atoms with Crippen molar-refractivity contribution in [2.45, 2.75) is 23.8 Å². The summed E-state index contributed by atoms with van der Waals surface area (Å²) in [6.07, 6.45) is 0.974. The summed E-state index contributed by atoms with van der Waals surface area (Å²) in [5.41, 5.74) is 0. The highest BCUT2D eigenvalue weighted by molar-refractivity contribution is 7.91. The van der Waals surface area contributed by atoms with Gasteiger partial charge in [-0.15, -0.1) is 0 Å². The highest BCUT2D eigenvalue weighted by Gasteiger charge is 2.28. The van der Waals surface area contributed by atoms with E-state index in [4.69, 9.17) is 5.11 Å². The average molecular weight is 305 g/mol. The summed E-state index contributed by atoms with van der Waals surface area (Å²) < 4.78 is 49.4. The summed E-state index contributed by atoms with van der Waals surface area (Å²) in [5, 5.41) is 9.12. The maximum atomic E-state index is 12.0. The summed E-state index contributed by atoms with van der Waals surface area (Å²) in [6, 6.07) is 4.50. The van der Waals surface area contributed by atoms with Crippen molar-refractivity contribution in [1.29, 1.82) is 0 Å². The molecule has 0 aromatic heterocycles. The Balaban J connectivity index is 2.15. The number of hydrogen-bond acceptors (Lipinski definition) is 5. The van der Waals surface area contributed by atoms with Gasteiger partial charge in [-0.3, -0.25) is 0 Å². The summed E-state index contributed by atoms with van der Waals surface area (Å²) >= 11 is 0. The molecule has 0 radical (unpaired) electrons. The fraction of sp³-hybridized carbons (Fsp3) is 0.455. The Bertz CT molecular complexity index is 649. The zero-order chi connectivity index (χ0) is 14.1. The summed E-state index contributed by atoms with van der Waals surface area (Å²) in [6.45, 7) is 0. The van der Waals surface area contributed by atoms with Gasteiger partial charge in [0.25, 0.3) is 0 Å². The minimum atomic E-state index is -3.75. The van der Waals surface area contributed by atoms with Crippen LogP contribution in [0, 0.1) is 0 Å². The first-order valence-electron chi connectivity index (χ1n) is 5.80. The van der Waals surface area contributed by atoms with Gasteiger partial charge < -0.3 is 5.11 Å². The van der Waals surface area contributed by atoms with E-state index in [1.165, 1.54) is 24.3 Å². The zero-order valence-electron chi connectivity index (χ0n) is 10.1. The van der Waals surface area contributed by atoms with Gasteiger partial charge in [0.2, 0.25) is 10.0 Å². The Morgan fingerprint density at radius 3 is 2.42 bits per heavy atom. The van der Waals surface area contributed by atoms with Crippen molar-refractivity contribution >= 4 is 19.9 Å². The van der Waals surface area contributed by atoms with Gasteiger partial charge in [-0.25, -0.2) is 21.6 Å². The molecule has 19 heavy (non-hydrogen) atoms. The quantitative estimate of drug-likeness (QED) is 0.833. The van der Waals surface area contributed by atoms with E-state index in [0.29, 0.717) is 12.8 Å². The summed E-state index contributed by atoms with van der Waals surface area (Å²) in [7, 11) is -6.91. The molecule has 0 bridgehead atoms. The van der Waals surface area contributed by atoms with Crippen LogP contribution in [0.1, 0.15) is 12.8 Å². The van der Waals surface area contributed by atoms with Crippen LogP contribution >= 0.6 is 0 Å². The number of benzene rings is 1. The number of rotatable bonds is 3. The zero-order valence-corrected chi connectivity index (χ0v) is 11.7. The number of sulfonamides is 1. The monoisotopic (exact) mass is 305 g/mol. The molecule has 6 nitrogen and oxygen atoms in total. The molecule has 1 aromatic rings. The lowest BCUT2D eigenvalue weighted by Crippen LogP contribution is -2.43. The Kier molecular flexibility index (Phi) is 3.84. The van der Waals surface area contributed by atoms with Gasteiger partial charge in [0.05, 0.1) is 16.4 Å². The minimum absolute atomic E-state index is 0.00766. The van der Waals surface area contributed by atoms with Crippen LogP contribution in [-0.2, 0) is 19.9 Å². The third kappa shape index (κ3) is 3.68. The van der Waals surface area contributed by atoms with Gasteiger partial charge in [-0.1, -0.05) is 0 Å². The van der Waals surface area contributed by atoms with Gasteiger partial charge in [-0.2, -0.15) is 0 Å². The standard InChI is InChI=1S/C11H15NO5S2/c13-10-3-5-11(6-4-10)19(16,17)12-9-2-1-7-18(14,15)8-9/h3-6,9,12-13H,1-2,7-8H2. The molecule has 1 aliphatic heterocycles. The summed E-state index contributed by atoms with van der Waals surface area (Å²) in [5.74, 6) is -0.0754. The van der Waals surface area contributed by atoms with Crippen LogP contribution in [0.25, 0.3) is 0 Å². The van der Waals surface area contributed by atoms with E-state index in [-0.39, 0.29) is 22.2 Å². The first-order chi connectivity index (χ1) is 8.78. The van der Waals surface area contributed by atoms with Gasteiger partial charge in [-0.05, 0) is 37.1 Å². The lowest BCUT2D eigenvalue weighted by atomic mass is 10.2. The molecule has 1 unspecified atom stereocenters. The Morgan fingerprint density at radius 2 is 1.84 bits per heavy atom. The van der Waals surface area contributed by atoms with Crippen LogP contribution in [0.4, 0.5) is 0 Å². The minimum Gasteiger partial charge on any atom is -0.508 e. The maximum Gasteiger partial charge on any atom is 0.240 e. The second-order valence-electron chi connectivity index (χ2n) is 4.57. The van der Waals surface area contributed by atoms with Gasteiger partial charge >= 0.3 is 0 Å². The molecule has 2 rings (SSSR count). The number of nitrogens with one attached hydrogen (secondary N) is 1. The molecule has 1 aliphatic rings. The summed E-state index contributed by atoms with van der Waals surface area (Å²) in [4.78, 5) is 0.00766. The van der Waals surface area contributed by atoms with Crippen molar-refractivity contribution in [1.82, 2.24) is 4.72 Å². The van der Waals surface area contributed by atoms with E-state index < -0.39 is 25.9 Å². The smallest absolute Gasteiger partial charge is 0.240 e. The van der Waals surface area contributed by atoms with Crippen LogP contribution in [0.15, 0.2) is 29.2 Å². The predicted molar refractivity (Wildman–Crippen MR) is 70.1 cm³/mol. The van der Waals surface area contributed by atoms with E-state index >= 15 is 0 Å². The van der Waals surface area contributed by atoms with Crippen molar-refractivity contribution in [3.8, 4) is 5.75 Å². The molecule has 1 fully saturated rings. The third-order valence-corrected chi connectivity index (χ3v) is 6.29. The highest BCUT2D eigenvalue weighted by Crippen LogP contribution is 2.17. The molecule has 0 aliphatic carbocycles. The Labute approximate surface area is 112 Å². The lowest BCUT2D eigenvalue weighted by Gasteiger charge is -2.22. The van der Waals surface area contributed by atoms with Gasteiger partial charge in [0.1, 0.15) is 5.75 Å². The van der Waals surface area contributed by atoms with Crippen molar-refractivity contribution in [2.75, 3.05) is 11.5 Å². The van der Waals surface area contributed by atoms with Crippen molar-refractivity contribution in [3.05, 3.63) is 24.3 Å². The number of aromatic hydroxyl groups is 1. The van der Waals surface area contributed by atoms with E-state index in [1.54, 1.807) is 0 Å². The molecule has 8 heteroatoms. The van der Waals surface area contributed by atoms with Crippen molar-refractivity contribution < 1.29 is 21.9 Å². The molecule has 1 atom stereocenters. The SMILES string of the molecule is O=S1(=O)CCCC(NS(=O)(=O)c2ccc(O)cc2)C1. The normalized spacial score (nSPS) is 23.1. The van der Waals surface area contributed by atoms with Gasteiger partial charge in [0, 0.05) is 6.04 Å². The molecule has 1 aromatic carbocycles. The van der Waals surface area contributed by atoms with Crippen LogP contribution < -0.4 is 4.72 Å². The Morgan fingerprint density at radius 1 is 1.21 bits per heavy atom. The van der Waals surface area contributed by atoms with Gasteiger partial charge in [0.15, 0.2) is 9.84 Å². The first-order valence-corrected chi connectivity index (χ1v) is 9.11. The molecule has 0 spiro atoms. The van der Waals surface area contributed by atoms with Crippen molar-refractivity contribution in [2.24, 2.45) is 0 Å². The van der Waals surface area contributed by atoms with E-state index in [0.717, 1.165) is 0 Å². The molecule has 2 N–H and O–H groups in total. The molecular formula is C11H15NO5S2. The fourth-order valence-corrected chi connectivity index (χ4v) is 5.04. The molecule has 0 saturated carbocycles. The number of sulfone groups is 1. The molecule has 106 valence electrons. The lowest BCUT2D eigenvalue weighted by molar-refractivity contribution is 0.474. The van der Waals surface area contributed by atoms with Crippen LogP contribution in [0.5, 0.6) is 5.75 Å². The maximum absolute atomic E-state index is 12.0. The average Bonchev–Trinajstić information content (AvgIpc) is 2.27. The first kappa shape index (κ1) is 14.3. The molecule has 1 heterocycles. The fourth-order valence-electron chi connectivity index (χ4n) is 2.03. The predicted octanol–water partition coefficient (Wildman–Crippen LogP) is 0.248. The Hall–Kier alpha value is -1.12. The number of phenolic OH excluding ortho intramolecular Hbond substituents is 1. The third-order valence-electron chi connectivity index (χ3n) is 2.93. The van der Waals surface area contributed by atoms with E-state index in [2.05, 4.69) is 4.72 Å². The van der Waals surface area contributed by atoms with Crippen LogP contribution in [-0.4, -0.2) is 39.5 Å². The van der Waals surface area contributed by atoms with Crippen LogP contribution in [0.3, 0.4) is 0 Å². The van der Waals surface area contributed by atoms with Crippen molar-refractivity contribution in [3.63, 3.8) is 0 Å². The second-order valence-corrected chi connectivity index (χ2v) is 8.51. The molecular weight excluding hydrogens is 290 g/mol. The largest absolute Gasteiger partial charge is 0.508 e. The number of phenols is 1. The molecule has 0 amide bonds.